The summed E-state index contributed by atoms with van der Waals surface area (Å²) < 4.78 is 24.5. The van der Waals surface area contributed by atoms with Gasteiger partial charge in [0.05, 0.1) is 25.9 Å². The largest absolute Gasteiger partial charge is 0.378 e. The minimum Gasteiger partial charge on any atom is -0.378 e. The summed E-state index contributed by atoms with van der Waals surface area (Å²) in [5, 5.41) is 3.40. The summed E-state index contributed by atoms with van der Waals surface area (Å²) in [6, 6.07) is 5.14. The number of morpholine rings is 1. The average Bonchev–Trinajstić information content (AvgIpc) is 2.39. The first-order valence-corrected chi connectivity index (χ1v) is 6.05. The van der Waals surface area contributed by atoms with E-state index >= 15 is 0 Å². The van der Waals surface area contributed by atoms with Crippen molar-refractivity contribution in [3.8, 4) is 0 Å². The standard InChI is InChI=1S/C13H16FNO2/c14-10-1-2-11-9(7-10)3-5-17-13(11)12-8-16-6-4-15-12/h1-2,7,12-13,15H,3-6,8H2/t12?,13-/m0/s1. The fourth-order valence-corrected chi connectivity index (χ4v) is 2.57. The van der Waals surface area contributed by atoms with Gasteiger partial charge in [-0.25, -0.2) is 4.39 Å². The summed E-state index contributed by atoms with van der Waals surface area (Å²) in [5.74, 6) is -0.169. The van der Waals surface area contributed by atoms with E-state index in [9.17, 15) is 4.39 Å². The second kappa shape index (κ2) is 4.72. The highest BCUT2D eigenvalue weighted by molar-refractivity contribution is 5.32. The first kappa shape index (κ1) is 11.1. The molecule has 1 N–H and O–H groups in total. The molecule has 3 nitrogen and oxygen atoms in total. The fraction of sp³-hybridized carbons (Fsp3) is 0.538. The van der Waals surface area contributed by atoms with E-state index in [1.165, 1.54) is 6.07 Å². The predicted octanol–water partition coefficient (Wildman–Crippen LogP) is 1.43. The fourth-order valence-electron chi connectivity index (χ4n) is 2.57. The van der Waals surface area contributed by atoms with Gasteiger partial charge in [-0.1, -0.05) is 6.07 Å². The van der Waals surface area contributed by atoms with Crippen molar-refractivity contribution < 1.29 is 13.9 Å². The Labute approximate surface area is 99.9 Å². The van der Waals surface area contributed by atoms with Gasteiger partial charge in [-0.05, 0) is 29.7 Å². The Hall–Kier alpha value is -0.970. The molecule has 0 aromatic heterocycles. The maximum atomic E-state index is 13.2. The Kier molecular flexibility index (Phi) is 3.09. The van der Waals surface area contributed by atoms with Crippen LogP contribution < -0.4 is 5.32 Å². The molecule has 0 saturated carbocycles. The first-order chi connectivity index (χ1) is 8.34. The van der Waals surface area contributed by atoms with Crippen LogP contribution in [0.5, 0.6) is 0 Å². The highest BCUT2D eigenvalue weighted by Crippen LogP contribution is 2.30. The highest BCUT2D eigenvalue weighted by atomic mass is 19.1. The molecule has 0 amide bonds. The topological polar surface area (TPSA) is 30.5 Å². The molecule has 1 aromatic rings. The number of hydrogen-bond donors (Lipinski definition) is 1. The quantitative estimate of drug-likeness (QED) is 0.801. The van der Waals surface area contributed by atoms with Crippen molar-refractivity contribution in [3.05, 3.63) is 35.1 Å². The molecule has 2 heterocycles. The molecule has 2 aliphatic rings. The van der Waals surface area contributed by atoms with Crippen LogP contribution in [0.4, 0.5) is 4.39 Å². The van der Waals surface area contributed by atoms with Crippen LogP contribution in [0.3, 0.4) is 0 Å². The molecule has 0 radical (unpaired) electrons. The van der Waals surface area contributed by atoms with Crippen LogP contribution in [0, 0.1) is 5.82 Å². The molecule has 1 unspecified atom stereocenters. The summed E-state index contributed by atoms with van der Waals surface area (Å²) >= 11 is 0. The highest BCUT2D eigenvalue weighted by Gasteiger charge is 2.30. The number of halogens is 1. The molecule has 17 heavy (non-hydrogen) atoms. The maximum absolute atomic E-state index is 13.2. The van der Waals surface area contributed by atoms with Gasteiger partial charge < -0.3 is 14.8 Å². The number of rotatable bonds is 1. The molecular formula is C13H16FNO2. The van der Waals surface area contributed by atoms with Crippen LogP contribution in [0.2, 0.25) is 0 Å². The Balaban J connectivity index is 1.88. The molecule has 3 rings (SSSR count). The van der Waals surface area contributed by atoms with Crippen molar-refractivity contribution in [1.82, 2.24) is 5.32 Å². The monoisotopic (exact) mass is 237 g/mol. The maximum Gasteiger partial charge on any atom is 0.123 e. The minimum absolute atomic E-state index is 0.0142. The zero-order chi connectivity index (χ0) is 11.7. The van der Waals surface area contributed by atoms with E-state index in [1.807, 2.05) is 6.07 Å². The normalized spacial score (nSPS) is 28.8. The van der Waals surface area contributed by atoms with Crippen molar-refractivity contribution in [2.75, 3.05) is 26.4 Å². The molecule has 2 aliphatic heterocycles. The molecule has 1 fully saturated rings. The van der Waals surface area contributed by atoms with Crippen LogP contribution in [-0.4, -0.2) is 32.4 Å². The third kappa shape index (κ3) is 2.20. The molecule has 1 saturated heterocycles. The van der Waals surface area contributed by atoms with Gasteiger partial charge in [0.2, 0.25) is 0 Å². The second-order valence-electron chi connectivity index (χ2n) is 4.52. The van der Waals surface area contributed by atoms with E-state index in [0.717, 1.165) is 30.7 Å². The SMILES string of the molecule is Fc1ccc2c(c1)CCO[C@@H]2C1COCCN1. The molecule has 1 aromatic carbocycles. The van der Waals surface area contributed by atoms with Crippen LogP contribution in [0.25, 0.3) is 0 Å². The second-order valence-corrected chi connectivity index (χ2v) is 4.52. The van der Waals surface area contributed by atoms with E-state index in [2.05, 4.69) is 5.32 Å². The lowest BCUT2D eigenvalue weighted by Gasteiger charge is -2.35. The Morgan fingerprint density at radius 2 is 2.24 bits per heavy atom. The van der Waals surface area contributed by atoms with Gasteiger partial charge in [-0.2, -0.15) is 0 Å². The van der Waals surface area contributed by atoms with Crippen molar-refractivity contribution in [3.63, 3.8) is 0 Å². The average molecular weight is 237 g/mol. The molecule has 0 aliphatic carbocycles. The molecule has 0 spiro atoms. The van der Waals surface area contributed by atoms with E-state index in [0.29, 0.717) is 13.2 Å². The van der Waals surface area contributed by atoms with Crippen LogP contribution in [0.15, 0.2) is 18.2 Å². The van der Waals surface area contributed by atoms with Gasteiger partial charge in [0.1, 0.15) is 11.9 Å². The number of nitrogens with one attached hydrogen (secondary N) is 1. The number of fused-ring (bicyclic) bond motifs is 1. The summed E-state index contributed by atoms with van der Waals surface area (Å²) in [7, 11) is 0. The Morgan fingerprint density at radius 3 is 3.06 bits per heavy atom. The van der Waals surface area contributed by atoms with Gasteiger partial charge >= 0.3 is 0 Å². The van der Waals surface area contributed by atoms with Crippen LogP contribution in [-0.2, 0) is 15.9 Å². The molecule has 2 atom stereocenters. The van der Waals surface area contributed by atoms with E-state index in [-0.39, 0.29) is 18.0 Å². The lowest BCUT2D eigenvalue weighted by molar-refractivity contribution is -0.0311. The lowest BCUT2D eigenvalue weighted by atomic mass is 9.93. The first-order valence-electron chi connectivity index (χ1n) is 6.05. The van der Waals surface area contributed by atoms with Gasteiger partial charge in [0.15, 0.2) is 0 Å². The molecule has 4 heteroatoms. The lowest BCUT2D eigenvalue weighted by Crippen LogP contribution is -2.46. The van der Waals surface area contributed by atoms with E-state index in [1.54, 1.807) is 6.07 Å². The third-order valence-corrected chi connectivity index (χ3v) is 3.40. The van der Waals surface area contributed by atoms with Crippen LogP contribution >= 0.6 is 0 Å². The summed E-state index contributed by atoms with van der Waals surface area (Å²) in [5.41, 5.74) is 2.16. The van der Waals surface area contributed by atoms with Crippen molar-refractivity contribution in [2.45, 2.75) is 18.6 Å². The molecule has 0 bridgehead atoms. The van der Waals surface area contributed by atoms with Gasteiger partial charge in [0, 0.05) is 6.54 Å². The van der Waals surface area contributed by atoms with E-state index < -0.39 is 0 Å². The summed E-state index contributed by atoms with van der Waals surface area (Å²) in [6.07, 6.45) is 0.775. The van der Waals surface area contributed by atoms with Gasteiger partial charge in [-0.3, -0.25) is 0 Å². The number of hydrogen-bond acceptors (Lipinski definition) is 3. The van der Waals surface area contributed by atoms with Gasteiger partial charge in [0.25, 0.3) is 0 Å². The zero-order valence-corrected chi connectivity index (χ0v) is 9.62. The number of benzene rings is 1. The van der Waals surface area contributed by atoms with Crippen molar-refractivity contribution in [1.29, 1.82) is 0 Å². The molecular weight excluding hydrogens is 221 g/mol. The van der Waals surface area contributed by atoms with E-state index in [4.69, 9.17) is 9.47 Å². The summed E-state index contributed by atoms with van der Waals surface area (Å²) in [4.78, 5) is 0. The molecule has 92 valence electrons. The predicted molar refractivity (Wildman–Crippen MR) is 61.4 cm³/mol. The number of ether oxygens (including phenoxy) is 2. The Morgan fingerprint density at radius 1 is 1.29 bits per heavy atom. The smallest absolute Gasteiger partial charge is 0.123 e. The van der Waals surface area contributed by atoms with Crippen LogP contribution in [0.1, 0.15) is 17.2 Å². The third-order valence-electron chi connectivity index (χ3n) is 3.40. The van der Waals surface area contributed by atoms with Crippen molar-refractivity contribution in [2.24, 2.45) is 0 Å². The van der Waals surface area contributed by atoms with Gasteiger partial charge in [-0.15, -0.1) is 0 Å². The minimum atomic E-state index is -0.169. The summed E-state index contributed by atoms with van der Waals surface area (Å²) in [6.45, 7) is 2.90. The van der Waals surface area contributed by atoms with Crippen molar-refractivity contribution >= 4 is 0 Å². The Bertz CT molecular complexity index is 404. The zero-order valence-electron chi connectivity index (χ0n) is 9.62.